The number of hydrogen-bond acceptors (Lipinski definition) is 5. The number of carboxylic acid groups (broad SMARTS) is 1. The minimum absolute atomic E-state index is 0.0138. The number of aryl methyl sites for hydroxylation is 1. The smallest absolute Gasteiger partial charge is 0.319 e. The number of anilines is 1. The fraction of sp³-hybridized carbons (Fsp3) is 0.348. The molecule has 3 rings (SSSR count). The summed E-state index contributed by atoms with van der Waals surface area (Å²) in [5.74, 6) is -0.0271. The first-order valence-corrected chi connectivity index (χ1v) is 10.9. The molecule has 30 heavy (non-hydrogen) atoms. The molecule has 158 valence electrons. The Morgan fingerprint density at radius 1 is 1.17 bits per heavy atom. The van der Waals surface area contributed by atoms with Crippen LogP contribution in [0.15, 0.2) is 58.2 Å². The van der Waals surface area contributed by atoms with Gasteiger partial charge in [0.15, 0.2) is 0 Å². The van der Waals surface area contributed by atoms with Gasteiger partial charge in [0.05, 0.1) is 10.9 Å². The molecule has 0 amide bonds. The van der Waals surface area contributed by atoms with Gasteiger partial charge in [-0.15, -0.1) is 11.8 Å². The summed E-state index contributed by atoms with van der Waals surface area (Å²) in [4.78, 5) is 29.6. The molecule has 0 saturated heterocycles. The molecule has 0 aliphatic heterocycles. The van der Waals surface area contributed by atoms with E-state index >= 15 is 0 Å². The lowest BCUT2D eigenvalue weighted by Crippen LogP contribution is -2.26. The standard InChI is InChI=1S/C23H27N3O3S/c1-4-20-25-19-9-6-5-8-18(19)21(27)26(20)15-7-14-24-16-10-12-17(13-11-16)30-23(2,3)22(28)29/h5-6,8-13,24H,4,7,14-15H2,1-3H3,(H,28,29). The molecule has 0 unspecified atom stereocenters. The summed E-state index contributed by atoms with van der Waals surface area (Å²) in [6.45, 7) is 6.72. The second-order valence-electron chi connectivity index (χ2n) is 7.58. The van der Waals surface area contributed by atoms with E-state index in [1.807, 2.05) is 55.5 Å². The van der Waals surface area contributed by atoms with Gasteiger partial charge in [-0.3, -0.25) is 14.2 Å². The van der Waals surface area contributed by atoms with E-state index in [0.717, 1.165) is 34.9 Å². The number of hydrogen-bond donors (Lipinski definition) is 2. The average Bonchev–Trinajstić information content (AvgIpc) is 2.73. The molecule has 0 radical (unpaired) electrons. The lowest BCUT2D eigenvalue weighted by molar-refractivity contribution is -0.138. The summed E-state index contributed by atoms with van der Waals surface area (Å²) in [7, 11) is 0. The molecule has 0 aliphatic rings. The van der Waals surface area contributed by atoms with E-state index in [0.29, 0.717) is 18.4 Å². The van der Waals surface area contributed by atoms with Crippen molar-refractivity contribution in [2.45, 2.75) is 49.8 Å². The number of thioether (sulfide) groups is 1. The van der Waals surface area contributed by atoms with E-state index in [-0.39, 0.29) is 5.56 Å². The van der Waals surface area contributed by atoms with Crippen LogP contribution < -0.4 is 10.9 Å². The highest BCUT2D eigenvalue weighted by atomic mass is 32.2. The highest BCUT2D eigenvalue weighted by molar-refractivity contribution is 8.01. The maximum atomic E-state index is 12.8. The van der Waals surface area contributed by atoms with E-state index in [2.05, 4.69) is 10.3 Å². The van der Waals surface area contributed by atoms with E-state index in [1.54, 1.807) is 18.4 Å². The highest BCUT2D eigenvalue weighted by Crippen LogP contribution is 2.33. The minimum Gasteiger partial charge on any atom is -0.480 e. The van der Waals surface area contributed by atoms with Crippen LogP contribution in [0.4, 0.5) is 5.69 Å². The Kier molecular flexibility index (Phi) is 6.82. The molecule has 7 heteroatoms. The zero-order valence-corrected chi connectivity index (χ0v) is 18.3. The third-order valence-corrected chi connectivity index (χ3v) is 6.08. The fourth-order valence-electron chi connectivity index (χ4n) is 3.16. The molecule has 2 aromatic carbocycles. The summed E-state index contributed by atoms with van der Waals surface area (Å²) in [6, 6.07) is 15.2. The second-order valence-corrected chi connectivity index (χ2v) is 9.27. The Labute approximate surface area is 180 Å². The molecular formula is C23H27N3O3S. The molecular weight excluding hydrogens is 398 g/mol. The topological polar surface area (TPSA) is 84.2 Å². The fourth-order valence-corrected chi connectivity index (χ4v) is 4.11. The molecule has 3 aromatic rings. The van der Waals surface area contributed by atoms with Crippen LogP contribution in [0, 0.1) is 0 Å². The Hall–Kier alpha value is -2.80. The number of carbonyl (C=O) groups is 1. The quantitative estimate of drug-likeness (QED) is 0.390. The first-order chi connectivity index (χ1) is 14.3. The van der Waals surface area contributed by atoms with Crippen LogP contribution in [0.2, 0.25) is 0 Å². The maximum absolute atomic E-state index is 12.8. The van der Waals surface area contributed by atoms with Crippen molar-refractivity contribution in [2.75, 3.05) is 11.9 Å². The molecule has 2 N–H and O–H groups in total. The van der Waals surface area contributed by atoms with Crippen LogP contribution in [-0.4, -0.2) is 31.9 Å². The number of rotatable bonds is 9. The van der Waals surface area contributed by atoms with Crippen LogP contribution in [0.3, 0.4) is 0 Å². The van der Waals surface area contributed by atoms with Crippen molar-refractivity contribution in [1.29, 1.82) is 0 Å². The van der Waals surface area contributed by atoms with Crippen molar-refractivity contribution in [3.8, 4) is 0 Å². The lowest BCUT2D eigenvalue weighted by Gasteiger charge is -2.18. The molecule has 0 saturated carbocycles. The molecule has 0 aliphatic carbocycles. The van der Waals surface area contributed by atoms with Crippen LogP contribution in [-0.2, 0) is 17.8 Å². The summed E-state index contributed by atoms with van der Waals surface area (Å²) in [5, 5.41) is 13.3. The molecule has 1 heterocycles. The number of para-hydroxylation sites is 1. The average molecular weight is 426 g/mol. The highest BCUT2D eigenvalue weighted by Gasteiger charge is 2.28. The van der Waals surface area contributed by atoms with Crippen LogP contribution in [0.1, 0.15) is 33.0 Å². The van der Waals surface area contributed by atoms with Gasteiger partial charge in [0, 0.05) is 30.1 Å². The van der Waals surface area contributed by atoms with Gasteiger partial charge in [-0.05, 0) is 56.7 Å². The van der Waals surface area contributed by atoms with Gasteiger partial charge in [0.25, 0.3) is 5.56 Å². The van der Waals surface area contributed by atoms with Crippen molar-refractivity contribution in [2.24, 2.45) is 0 Å². The number of aliphatic carboxylic acids is 1. The number of benzene rings is 2. The number of aromatic nitrogens is 2. The van der Waals surface area contributed by atoms with Gasteiger partial charge in [-0.25, -0.2) is 4.98 Å². The molecule has 0 bridgehead atoms. The Balaban J connectivity index is 1.60. The number of nitrogens with one attached hydrogen (secondary N) is 1. The predicted molar refractivity (Wildman–Crippen MR) is 123 cm³/mol. The Morgan fingerprint density at radius 3 is 2.53 bits per heavy atom. The summed E-state index contributed by atoms with van der Waals surface area (Å²) in [5.41, 5.74) is 1.73. The van der Waals surface area contributed by atoms with Crippen molar-refractivity contribution in [1.82, 2.24) is 9.55 Å². The van der Waals surface area contributed by atoms with Crippen LogP contribution >= 0.6 is 11.8 Å². The first-order valence-electron chi connectivity index (χ1n) is 10.1. The monoisotopic (exact) mass is 425 g/mol. The van der Waals surface area contributed by atoms with Crippen LogP contribution in [0.25, 0.3) is 10.9 Å². The minimum atomic E-state index is -0.868. The summed E-state index contributed by atoms with van der Waals surface area (Å²) < 4.78 is 0.908. The third kappa shape index (κ3) is 5.02. The largest absolute Gasteiger partial charge is 0.480 e. The van der Waals surface area contributed by atoms with Gasteiger partial charge < -0.3 is 10.4 Å². The van der Waals surface area contributed by atoms with Crippen molar-refractivity contribution >= 4 is 34.3 Å². The lowest BCUT2D eigenvalue weighted by atomic mass is 10.2. The van der Waals surface area contributed by atoms with Gasteiger partial charge in [0.1, 0.15) is 10.6 Å². The molecule has 0 fully saturated rings. The van der Waals surface area contributed by atoms with Crippen molar-refractivity contribution in [3.63, 3.8) is 0 Å². The first kappa shape index (κ1) is 21.9. The van der Waals surface area contributed by atoms with Gasteiger partial charge >= 0.3 is 5.97 Å². The third-order valence-electron chi connectivity index (χ3n) is 4.89. The van der Waals surface area contributed by atoms with Crippen LogP contribution in [0.5, 0.6) is 0 Å². The van der Waals surface area contributed by atoms with Crippen molar-refractivity contribution in [3.05, 3.63) is 64.7 Å². The van der Waals surface area contributed by atoms with Gasteiger partial charge in [0.2, 0.25) is 0 Å². The number of carboxylic acids is 1. The van der Waals surface area contributed by atoms with Crippen molar-refractivity contribution < 1.29 is 9.90 Å². The molecule has 6 nitrogen and oxygen atoms in total. The van der Waals surface area contributed by atoms with Gasteiger partial charge in [-0.2, -0.15) is 0 Å². The summed E-state index contributed by atoms with van der Waals surface area (Å²) in [6.07, 6.45) is 1.49. The Bertz CT molecular complexity index is 1090. The zero-order chi connectivity index (χ0) is 21.7. The maximum Gasteiger partial charge on any atom is 0.319 e. The number of fused-ring (bicyclic) bond motifs is 1. The van der Waals surface area contributed by atoms with Gasteiger partial charge in [-0.1, -0.05) is 19.1 Å². The molecule has 1 aromatic heterocycles. The SMILES string of the molecule is CCc1nc2ccccc2c(=O)n1CCCNc1ccc(SC(C)(C)C(=O)O)cc1. The predicted octanol–water partition coefficient (Wildman–Crippen LogP) is 4.42. The Morgan fingerprint density at radius 2 is 1.87 bits per heavy atom. The number of nitrogens with zero attached hydrogens (tertiary/aromatic N) is 2. The molecule has 0 atom stereocenters. The zero-order valence-electron chi connectivity index (χ0n) is 17.5. The van der Waals surface area contributed by atoms with E-state index in [4.69, 9.17) is 0 Å². The summed E-state index contributed by atoms with van der Waals surface area (Å²) >= 11 is 1.32. The van der Waals surface area contributed by atoms with E-state index in [9.17, 15) is 14.7 Å². The van der Waals surface area contributed by atoms with E-state index < -0.39 is 10.7 Å². The van der Waals surface area contributed by atoms with E-state index in [1.165, 1.54) is 11.8 Å². The second kappa shape index (κ2) is 9.34. The molecule has 0 spiro atoms. The normalized spacial score (nSPS) is 11.6.